The molecule has 0 N–H and O–H groups in total. The number of Topliss-reactive ketones (excluding diaryl/α,β-unsaturated/α-hetero) is 1. The van der Waals surface area contributed by atoms with Crippen LogP contribution in [0.2, 0.25) is 0 Å². The first kappa shape index (κ1) is 17.4. The van der Waals surface area contributed by atoms with Gasteiger partial charge in [0.2, 0.25) is 10.0 Å². The summed E-state index contributed by atoms with van der Waals surface area (Å²) in [6.07, 6.45) is 0. The molecule has 2 aromatic carbocycles. The zero-order chi connectivity index (χ0) is 18.2. The fourth-order valence-corrected chi connectivity index (χ4v) is 3.96. The first-order valence-electron chi connectivity index (χ1n) is 7.88. The molecule has 3 aromatic rings. The van der Waals surface area contributed by atoms with Gasteiger partial charge in [-0.25, -0.2) is 8.42 Å². The standard InChI is InChI=1S/C19H19NO4S/c1-13(19-12-16-6-4-5-7-18(16)24-19)20(3)25(22,23)17-10-8-15(9-11-17)14(2)21/h4-13H,1-3H3/t13-/m0/s1. The maximum Gasteiger partial charge on any atom is 0.243 e. The number of carbonyl (C=O) groups is 1. The Kier molecular flexibility index (Phi) is 4.49. The van der Waals surface area contributed by atoms with Gasteiger partial charge in [-0.05, 0) is 38.1 Å². The Hall–Kier alpha value is -2.44. The maximum absolute atomic E-state index is 12.8. The predicted molar refractivity (Wildman–Crippen MR) is 96.0 cm³/mol. The van der Waals surface area contributed by atoms with Gasteiger partial charge in [0.15, 0.2) is 5.78 Å². The molecule has 0 aliphatic rings. The summed E-state index contributed by atoms with van der Waals surface area (Å²) in [6.45, 7) is 3.22. The van der Waals surface area contributed by atoms with Gasteiger partial charge in [-0.15, -0.1) is 0 Å². The van der Waals surface area contributed by atoms with E-state index in [4.69, 9.17) is 4.42 Å². The Balaban J connectivity index is 1.91. The molecule has 0 fully saturated rings. The smallest absolute Gasteiger partial charge is 0.243 e. The number of hydrogen-bond acceptors (Lipinski definition) is 4. The van der Waals surface area contributed by atoms with Crippen LogP contribution in [0, 0.1) is 0 Å². The van der Waals surface area contributed by atoms with E-state index in [9.17, 15) is 13.2 Å². The molecule has 5 nitrogen and oxygen atoms in total. The first-order chi connectivity index (χ1) is 11.8. The fraction of sp³-hybridized carbons (Fsp3) is 0.211. The number of benzene rings is 2. The summed E-state index contributed by atoms with van der Waals surface area (Å²) in [6, 6.07) is 14.9. The molecule has 0 saturated carbocycles. The van der Waals surface area contributed by atoms with Crippen molar-refractivity contribution in [2.24, 2.45) is 0 Å². The second-order valence-corrected chi connectivity index (χ2v) is 7.96. The minimum Gasteiger partial charge on any atom is -0.459 e. The van der Waals surface area contributed by atoms with Crippen LogP contribution in [-0.2, 0) is 10.0 Å². The highest BCUT2D eigenvalue weighted by atomic mass is 32.2. The lowest BCUT2D eigenvalue weighted by Crippen LogP contribution is -2.29. The zero-order valence-electron chi connectivity index (χ0n) is 14.3. The minimum absolute atomic E-state index is 0.104. The summed E-state index contributed by atoms with van der Waals surface area (Å²) in [5.74, 6) is 0.473. The van der Waals surface area contributed by atoms with Crippen LogP contribution in [0.25, 0.3) is 11.0 Å². The highest BCUT2D eigenvalue weighted by molar-refractivity contribution is 7.89. The topological polar surface area (TPSA) is 67.6 Å². The number of hydrogen-bond donors (Lipinski definition) is 0. The molecule has 0 spiro atoms. The zero-order valence-corrected chi connectivity index (χ0v) is 15.1. The van der Waals surface area contributed by atoms with Crippen LogP contribution >= 0.6 is 0 Å². The molecule has 0 aliphatic heterocycles. The van der Waals surface area contributed by atoms with Crippen LogP contribution < -0.4 is 0 Å². The third kappa shape index (κ3) is 3.23. The van der Waals surface area contributed by atoms with E-state index in [-0.39, 0.29) is 10.7 Å². The lowest BCUT2D eigenvalue weighted by molar-refractivity contribution is 0.101. The predicted octanol–water partition coefficient (Wildman–Crippen LogP) is 4.02. The molecule has 1 heterocycles. The van der Waals surface area contributed by atoms with Crippen molar-refractivity contribution < 1.29 is 17.6 Å². The van der Waals surface area contributed by atoms with E-state index in [0.29, 0.717) is 11.3 Å². The van der Waals surface area contributed by atoms with E-state index < -0.39 is 16.1 Å². The van der Waals surface area contributed by atoms with Gasteiger partial charge in [0.05, 0.1) is 10.9 Å². The number of sulfonamides is 1. The Morgan fingerprint density at radius 3 is 2.32 bits per heavy atom. The van der Waals surface area contributed by atoms with E-state index in [0.717, 1.165) is 11.0 Å². The number of ketones is 1. The fourth-order valence-electron chi connectivity index (χ4n) is 2.62. The molecular weight excluding hydrogens is 338 g/mol. The Morgan fingerprint density at radius 2 is 1.72 bits per heavy atom. The molecule has 1 atom stereocenters. The average Bonchev–Trinajstić information content (AvgIpc) is 3.04. The Labute approximate surface area is 146 Å². The highest BCUT2D eigenvalue weighted by Crippen LogP contribution is 2.30. The highest BCUT2D eigenvalue weighted by Gasteiger charge is 2.28. The Morgan fingerprint density at radius 1 is 1.08 bits per heavy atom. The normalized spacial score (nSPS) is 13.3. The van der Waals surface area contributed by atoms with Gasteiger partial charge in [-0.3, -0.25) is 4.79 Å². The van der Waals surface area contributed by atoms with Crippen LogP contribution in [0.4, 0.5) is 0 Å². The SMILES string of the molecule is CC(=O)c1ccc(S(=O)(=O)N(C)[C@@H](C)c2cc3ccccc3o2)cc1. The summed E-state index contributed by atoms with van der Waals surface area (Å²) in [5.41, 5.74) is 1.20. The molecular formula is C19H19NO4S. The molecule has 1 aromatic heterocycles. The molecule has 0 aliphatic carbocycles. The van der Waals surface area contributed by atoms with Gasteiger partial charge in [0.25, 0.3) is 0 Å². The quantitative estimate of drug-likeness (QED) is 0.647. The lowest BCUT2D eigenvalue weighted by Gasteiger charge is -2.22. The van der Waals surface area contributed by atoms with Gasteiger partial charge >= 0.3 is 0 Å². The third-order valence-electron chi connectivity index (χ3n) is 4.34. The van der Waals surface area contributed by atoms with Crippen LogP contribution in [0.1, 0.15) is 36.0 Å². The number of fused-ring (bicyclic) bond motifs is 1. The molecule has 6 heteroatoms. The summed E-state index contributed by atoms with van der Waals surface area (Å²) < 4.78 is 32.7. The van der Waals surface area contributed by atoms with Gasteiger partial charge in [-0.2, -0.15) is 4.31 Å². The second kappa shape index (κ2) is 6.46. The van der Waals surface area contributed by atoms with Gasteiger partial charge in [0.1, 0.15) is 11.3 Å². The molecule has 0 radical (unpaired) electrons. The van der Waals surface area contributed by atoms with Crippen molar-refractivity contribution in [2.75, 3.05) is 7.05 Å². The van der Waals surface area contributed by atoms with Crippen LogP contribution in [0.15, 0.2) is 63.9 Å². The molecule has 0 bridgehead atoms. The van der Waals surface area contributed by atoms with E-state index in [1.807, 2.05) is 30.3 Å². The number of carbonyl (C=O) groups excluding carboxylic acids is 1. The largest absolute Gasteiger partial charge is 0.459 e. The minimum atomic E-state index is -3.70. The van der Waals surface area contributed by atoms with Crippen LogP contribution in [-0.4, -0.2) is 25.6 Å². The summed E-state index contributed by atoms with van der Waals surface area (Å²) in [5, 5.41) is 0.931. The van der Waals surface area contributed by atoms with E-state index in [2.05, 4.69) is 0 Å². The number of para-hydroxylation sites is 1. The Bertz CT molecular complexity index is 986. The third-order valence-corrected chi connectivity index (χ3v) is 6.28. The number of rotatable bonds is 5. The number of furan rings is 1. The van der Waals surface area contributed by atoms with Gasteiger partial charge < -0.3 is 4.42 Å². The summed E-state index contributed by atoms with van der Waals surface area (Å²) in [7, 11) is -2.18. The second-order valence-electron chi connectivity index (χ2n) is 5.96. The average molecular weight is 357 g/mol. The van der Waals surface area contributed by atoms with Crippen molar-refractivity contribution >= 4 is 26.8 Å². The molecule has 130 valence electrons. The van der Waals surface area contributed by atoms with Crippen molar-refractivity contribution in [3.8, 4) is 0 Å². The van der Waals surface area contributed by atoms with E-state index >= 15 is 0 Å². The van der Waals surface area contributed by atoms with E-state index in [1.54, 1.807) is 6.92 Å². The number of nitrogens with zero attached hydrogens (tertiary/aromatic N) is 1. The molecule has 0 amide bonds. The first-order valence-corrected chi connectivity index (χ1v) is 9.32. The van der Waals surface area contributed by atoms with Gasteiger partial charge in [0, 0.05) is 18.0 Å². The van der Waals surface area contributed by atoms with Crippen LogP contribution in [0.3, 0.4) is 0 Å². The molecule has 25 heavy (non-hydrogen) atoms. The lowest BCUT2D eigenvalue weighted by atomic mass is 10.2. The van der Waals surface area contributed by atoms with Crippen molar-refractivity contribution in [1.82, 2.24) is 4.31 Å². The van der Waals surface area contributed by atoms with Crippen molar-refractivity contribution in [1.29, 1.82) is 0 Å². The monoisotopic (exact) mass is 357 g/mol. The van der Waals surface area contributed by atoms with Crippen LogP contribution in [0.5, 0.6) is 0 Å². The van der Waals surface area contributed by atoms with Crippen molar-refractivity contribution in [3.63, 3.8) is 0 Å². The van der Waals surface area contributed by atoms with Gasteiger partial charge in [-0.1, -0.05) is 30.3 Å². The van der Waals surface area contributed by atoms with Crippen molar-refractivity contribution in [2.45, 2.75) is 24.8 Å². The molecule has 0 saturated heterocycles. The molecule has 3 rings (SSSR count). The van der Waals surface area contributed by atoms with Crippen molar-refractivity contribution in [3.05, 3.63) is 65.9 Å². The molecule has 0 unspecified atom stereocenters. The van der Waals surface area contributed by atoms with E-state index in [1.165, 1.54) is 42.5 Å². The summed E-state index contributed by atoms with van der Waals surface area (Å²) in [4.78, 5) is 11.5. The maximum atomic E-state index is 12.8. The summed E-state index contributed by atoms with van der Waals surface area (Å²) >= 11 is 0.